The molecular weight excluding hydrogens is 277 g/mol. The number of carbonyl (C=O) groups excluding carboxylic acids is 1. The van der Waals surface area contributed by atoms with Crippen molar-refractivity contribution in [1.29, 1.82) is 0 Å². The lowest BCUT2D eigenvalue weighted by molar-refractivity contribution is 0.102. The Hall–Kier alpha value is -2.21. The van der Waals surface area contributed by atoms with E-state index < -0.39 is 5.82 Å². The molecule has 0 amide bonds. The second-order valence-corrected chi connectivity index (χ2v) is 5.08. The summed E-state index contributed by atoms with van der Waals surface area (Å²) in [7, 11) is 0. The van der Waals surface area contributed by atoms with Crippen LogP contribution >= 0.6 is 11.8 Å². The Labute approximate surface area is 118 Å². The zero-order valence-corrected chi connectivity index (χ0v) is 11.2. The number of rotatable bonds is 4. The number of Topliss-reactive ketones (excluding diaryl/α,β-unsaturated/α-hetero) is 1. The van der Waals surface area contributed by atoms with E-state index in [9.17, 15) is 9.18 Å². The van der Waals surface area contributed by atoms with E-state index in [0.29, 0.717) is 10.7 Å². The summed E-state index contributed by atoms with van der Waals surface area (Å²) in [6, 6.07) is 11.3. The monoisotopic (exact) mass is 287 g/mol. The van der Waals surface area contributed by atoms with Crippen LogP contribution in [0.5, 0.6) is 0 Å². The van der Waals surface area contributed by atoms with Gasteiger partial charge in [-0.05, 0) is 24.3 Å². The highest BCUT2D eigenvalue weighted by Crippen LogP contribution is 2.18. The van der Waals surface area contributed by atoms with Crippen molar-refractivity contribution in [2.24, 2.45) is 0 Å². The van der Waals surface area contributed by atoms with Gasteiger partial charge in [0.05, 0.1) is 5.75 Å². The fourth-order valence-corrected chi connectivity index (χ4v) is 2.61. The van der Waals surface area contributed by atoms with E-state index in [0.717, 1.165) is 5.65 Å². The van der Waals surface area contributed by atoms with Gasteiger partial charge < -0.3 is 0 Å². The van der Waals surface area contributed by atoms with Crippen LogP contribution in [-0.2, 0) is 0 Å². The van der Waals surface area contributed by atoms with Crippen molar-refractivity contribution in [1.82, 2.24) is 14.6 Å². The third kappa shape index (κ3) is 2.55. The second-order valence-electron chi connectivity index (χ2n) is 4.13. The van der Waals surface area contributed by atoms with Crippen molar-refractivity contribution in [3.63, 3.8) is 0 Å². The Balaban J connectivity index is 1.75. The van der Waals surface area contributed by atoms with Crippen LogP contribution in [0.1, 0.15) is 10.4 Å². The summed E-state index contributed by atoms with van der Waals surface area (Å²) in [6.07, 6.45) is 1.84. The van der Waals surface area contributed by atoms with Crippen molar-refractivity contribution < 1.29 is 9.18 Å². The molecule has 1 aromatic carbocycles. The number of carbonyl (C=O) groups is 1. The molecule has 0 fully saturated rings. The van der Waals surface area contributed by atoms with E-state index in [4.69, 9.17) is 0 Å². The molecule has 0 radical (unpaired) electrons. The average molecular weight is 287 g/mol. The summed E-state index contributed by atoms with van der Waals surface area (Å²) in [5.41, 5.74) is 1.10. The van der Waals surface area contributed by atoms with Crippen LogP contribution < -0.4 is 0 Å². The highest BCUT2D eigenvalue weighted by molar-refractivity contribution is 7.99. The lowest BCUT2D eigenvalue weighted by atomic mass is 10.1. The molecule has 0 bridgehead atoms. The lowest BCUT2D eigenvalue weighted by Crippen LogP contribution is -2.03. The van der Waals surface area contributed by atoms with Crippen molar-refractivity contribution in [3.05, 3.63) is 60.0 Å². The van der Waals surface area contributed by atoms with Crippen LogP contribution in [0.3, 0.4) is 0 Å². The maximum atomic E-state index is 13.1. The second kappa shape index (κ2) is 5.42. The molecule has 0 unspecified atom stereocenters. The number of nitrogens with zero attached hydrogens (tertiary/aromatic N) is 3. The lowest BCUT2D eigenvalue weighted by Gasteiger charge is -2.00. The molecule has 0 aliphatic heterocycles. The van der Waals surface area contributed by atoms with Crippen molar-refractivity contribution in [2.75, 3.05) is 5.75 Å². The molecule has 0 saturated carbocycles. The molecule has 0 atom stereocenters. The van der Waals surface area contributed by atoms with Gasteiger partial charge in [-0.15, -0.1) is 10.2 Å². The van der Waals surface area contributed by atoms with Crippen molar-refractivity contribution in [3.8, 4) is 0 Å². The number of fused-ring (bicyclic) bond motifs is 1. The van der Waals surface area contributed by atoms with Crippen LogP contribution in [0, 0.1) is 5.82 Å². The number of hydrogen-bond donors (Lipinski definition) is 0. The van der Waals surface area contributed by atoms with Gasteiger partial charge in [-0.3, -0.25) is 9.20 Å². The minimum atomic E-state index is -0.409. The Morgan fingerprint density at radius 3 is 2.95 bits per heavy atom. The van der Waals surface area contributed by atoms with Crippen LogP contribution in [0.25, 0.3) is 5.65 Å². The molecule has 0 aliphatic carbocycles. The third-order valence-corrected chi connectivity index (χ3v) is 3.70. The molecule has 0 aliphatic rings. The third-order valence-electron chi connectivity index (χ3n) is 2.76. The number of ketones is 1. The molecule has 3 aromatic rings. The summed E-state index contributed by atoms with van der Waals surface area (Å²) < 4.78 is 14.9. The fourth-order valence-electron chi connectivity index (χ4n) is 1.79. The van der Waals surface area contributed by atoms with Gasteiger partial charge in [-0.1, -0.05) is 30.0 Å². The van der Waals surface area contributed by atoms with Gasteiger partial charge >= 0.3 is 0 Å². The van der Waals surface area contributed by atoms with Crippen LogP contribution in [0.4, 0.5) is 4.39 Å². The van der Waals surface area contributed by atoms with E-state index >= 15 is 0 Å². The first-order valence-corrected chi connectivity index (χ1v) is 6.94. The molecular formula is C14H10FN3OS. The zero-order chi connectivity index (χ0) is 13.9. The number of halogens is 1. The fraction of sp³-hybridized carbons (Fsp3) is 0.0714. The molecule has 0 saturated heterocycles. The Bertz CT molecular complexity index is 772. The number of benzene rings is 1. The molecule has 100 valence electrons. The predicted octanol–water partition coefficient (Wildman–Crippen LogP) is 2.84. The molecule has 2 heterocycles. The molecule has 2 aromatic heterocycles. The maximum absolute atomic E-state index is 13.1. The summed E-state index contributed by atoms with van der Waals surface area (Å²) in [5, 5.41) is 8.68. The van der Waals surface area contributed by atoms with Gasteiger partial charge in [0.15, 0.2) is 16.6 Å². The minimum Gasteiger partial charge on any atom is -0.293 e. The van der Waals surface area contributed by atoms with E-state index in [1.165, 1.54) is 30.0 Å². The Morgan fingerprint density at radius 1 is 1.20 bits per heavy atom. The molecule has 20 heavy (non-hydrogen) atoms. The van der Waals surface area contributed by atoms with E-state index in [2.05, 4.69) is 10.2 Å². The average Bonchev–Trinajstić information content (AvgIpc) is 2.88. The van der Waals surface area contributed by atoms with E-state index in [1.54, 1.807) is 6.07 Å². The topological polar surface area (TPSA) is 47.3 Å². The van der Waals surface area contributed by atoms with Gasteiger partial charge in [-0.25, -0.2) is 4.39 Å². The van der Waals surface area contributed by atoms with Crippen molar-refractivity contribution >= 4 is 23.2 Å². The van der Waals surface area contributed by atoms with Crippen molar-refractivity contribution in [2.45, 2.75) is 5.16 Å². The highest BCUT2D eigenvalue weighted by atomic mass is 32.2. The molecule has 4 nitrogen and oxygen atoms in total. The standard InChI is InChI=1S/C14H10FN3OS/c15-11-5-3-4-10(8-11)12(19)9-20-14-17-16-13-6-1-2-7-18(13)14/h1-8H,9H2. The first kappa shape index (κ1) is 12.8. The van der Waals surface area contributed by atoms with E-state index in [1.807, 2.05) is 28.8 Å². The minimum absolute atomic E-state index is 0.137. The quantitative estimate of drug-likeness (QED) is 0.547. The predicted molar refractivity (Wildman–Crippen MR) is 74.4 cm³/mol. The summed E-state index contributed by atoms with van der Waals surface area (Å²) in [6.45, 7) is 0. The first-order valence-electron chi connectivity index (χ1n) is 5.95. The first-order chi connectivity index (χ1) is 9.74. The van der Waals surface area contributed by atoms with Crippen LogP contribution in [-0.4, -0.2) is 26.1 Å². The largest absolute Gasteiger partial charge is 0.293 e. The summed E-state index contributed by atoms with van der Waals surface area (Å²) >= 11 is 1.28. The van der Waals surface area contributed by atoms with Gasteiger partial charge in [0.1, 0.15) is 5.82 Å². The maximum Gasteiger partial charge on any atom is 0.196 e. The normalized spacial score (nSPS) is 10.8. The van der Waals surface area contributed by atoms with Crippen LogP contribution in [0.2, 0.25) is 0 Å². The smallest absolute Gasteiger partial charge is 0.196 e. The Morgan fingerprint density at radius 2 is 2.10 bits per heavy atom. The number of pyridine rings is 1. The summed E-state index contributed by atoms with van der Waals surface area (Å²) in [4.78, 5) is 12.0. The van der Waals surface area contributed by atoms with Crippen LogP contribution in [0.15, 0.2) is 53.8 Å². The zero-order valence-electron chi connectivity index (χ0n) is 10.4. The molecule has 0 spiro atoms. The van der Waals surface area contributed by atoms with Gasteiger partial charge in [0, 0.05) is 11.8 Å². The van der Waals surface area contributed by atoms with Gasteiger partial charge in [0.25, 0.3) is 0 Å². The van der Waals surface area contributed by atoms with E-state index in [-0.39, 0.29) is 11.5 Å². The Kier molecular flexibility index (Phi) is 3.47. The van der Waals surface area contributed by atoms with Gasteiger partial charge in [0.2, 0.25) is 0 Å². The molecule has 6 heteroatoms. The summed E-state index contributed by atoms with van der Waals surface area (Å²) in [5.74, 6) is -0.352. The SMILES string of the molecule is O=C(CSc1nnc2ccccn12)c1cccc(F)c1. The van der Waals surface area contributed by atoms with Gasteiger partial charge in [-0.2, -0.15) is 0 Å². The number of thioether (sulfide) groups is 1. The molecule has 3 rings (SSSR count). The highest BCUT2D eigenvalue weighted by Gasteiger charge is 2.11. The molecule has 0 N–H and O–H groups in total. The number of hydrogen-bond acceptors (Lipinski definition) is 4. The number of aromatic nitrogens is 3.